The normalized spacial score (nSPS) is 18.8. The summed E-state index contributed by atoms with van der Waals surface area (Å²) in [6, 6.07) is 2.29. The minimum absolute atomic E-state index is 0. The maximum Gasteiger partial charge on any atom is 0.387 e. The molecule has 1 aliphatic rings. The van der Waals surface area contributed by atoms with Gasteiger partial charge in [0.05, 0.1) is 4.90 Å². The van der Waals surface area contributed by atoms with Gasteiger partial charge in [0.2, 0.25) is 10.0 Å². The third kappa shape index (κ3) is 5.01. The first-order valence-electron chi connectivity index (χ1n) is 6.36. The average Bonchev–Trinajstić information content (AvgIpc) is 2.41. The number of nitrogens with one attached hydrogen (secondary N) is 2. The molecule has 1 aromatic carbocycles. The van der Waals surface area contributed by atoms with Crippen molar-refractivity contribution in [3.8, 4) is 5.75 Å². The molecule has 22 heavy (non-hydrogen) atoms. The molecule has 1 saturated heterocycles. The lowest BCUT2D eigenvalue weighted by Gasteiger charge is -2.23. The van der Waals surface area contributed by atoms with Gasteiger partial charge in [0.15, 0.2) is 11.6 Å². The largest absolute Gasteiger partial charge is 0.432 e. The van der Waals surface area contributed by atoms with E-state index in [-0.39, 0.29) is 23.3 Å². The Bertz CT molecular complexity index is 595. The molecule has 1 fully saturated rings. The summed E-state index contributed by atoms with van der Waals surface area (Å²) in [6.45, 7) is -1.85. The second-order valence-corrected chi connectivity index (χ2v) is 6.35. The molecular formula is C12H16ClF3N2O3S. The van der Waals surface area contributed by atoms with E-state index < -0.39 is 28.2 Å². The van der Waals surface area contributed by atoms with Crippen LogP contribution in [-0.4, -0.2) is 34.2 Å². The van der Waals surface area contributed by atoms with Gasteiger partial charge in [-0.2, -0.15) is 8.78 Å². The van der Waals surface area contributed by atoms with Crippen LogP contribution in [0.1, 0.15) is 12.8 Å². The average molecular weight is 361 g/mol. The predicted molar refractivity (Wildman–Crippen MR) is 76.5 cm³/mol. The van der Waals surface area contributed by atoms with E-state index in [1.165, 1.54) is 0 Å². The molecule has 0 spiro atoms. The number of hydrogen-bond acceptors (Lipinski definition) is 4. The molecule has 2 rings (SSSR count). The van der Waals surface area contributed by atoms with E-state index in [2.05, 4.69) is 14.8 Å². The molecule has 0 bridgehead atoms. The summed E-state index contributed by atoms with van der Waals surface area (Å²) >= 11 is 0. The van der Waals surface area contributed by atoms with Crippen molar-refractivity contribution in [2.75, 3.05) is 13.1 Å². The molecule has 1 unspecified atom stereocenters. The molecule has 1 heterocycles. The van der Waals surface area contributed by atoms with Crippen molar-refractivity contribution in [3.63, 3.8) is 0 Å². The Balaban J connectivity index is 0.00000242. The number of alkyl halides is 2. The van der Waals surface area contributed by atoms with Crippen LogP contribution in [0.25, 0.3) is 0 Å². The van der Waals surface area contributed by atoms with E-state index in [1.54, 1.807) is 0 Å². The summed E-state index contributed by atoms with van der Waals surface area (Å²) in [5.74, 6) is -1.84. The van der Waals surface area contributed by atoms with E-state index in [9.17, 15) is 21.6 Å². The van der Waals surface area contributed by atoms with Gasteiger partial charge in [-0.05, 0) is 37.6 Å². The number of ether oxygens (including phenoxy) is 1. The maximum absolute atomic E-state index is 13.6. The molecule has 5 nitrogen and oxygen atoms in total. The molecule has 10 heteroatoms. The highest BCUT2D eigenvalue weighted by Crippen LogP contribution is 2.23. The van der Waals surface area contributed by atoms with Crippen LogP contribution in [0.2, 0.25) is 0 Å². The van der Waals surface area contributed by atoms with Gasteiger partial charge >= 0.3 is 6.61 Å². The highest BCUT2D eigenvalue weighted by Gasteiger charge is 2.23. The Morgan fingerprint density at radius 1 is 1.36 bits per heavy atom. The summed E-state index contributed by atoms with van der Waals surface area (Å²) in [5.41, 5.74) is 0. The maximum atomic E-state index is 13.6. The molecule has 1 aliphatic heterocycles. The molecular weight excluding hydrogens is 345 g/mol. The van der Waals surface area contributed by atoms with Crippen LogP contribution in [0, 0.1) is 5.82 Å². The molecule has 1 atom stereocenters. The monoisotopic (exact) mass is 360 g/mol. The third-order valence-electron chi connectivity index (χ3n) is 3.05. The van der Waals surface area contributed by atoms with Crippen molar-refractivity contribution in [1.82, 2.24) is 10.0 Å². The second kappa shape index (κ2) is 8.00. The highest BCUT2D eigenvalue weighted by molar-refractivity contribution is 7.89. The van der Waals surface area contributed by atoms with E-state index in [0.29, 0.717) is 19.0 Å². The van der Waals surface area contributed by atoms with E-state index in [1.807, 2.05) is 0 Å². The van der Waals surface area contributed by atoms with Crippen molar-refractivity contribution in [1.29, 1.82) is 0 Å². The zero-order valence-electron chi connectivity index (χ0n) is 11.4. The summed E-state index contributed by atoms with van der Waals surface area (Å²) in [5, 5.41) is 3.05. The Morgan fingerprint density at radius 3 is 2.64 bits per heavy atom. The molecule has 1 aromatic rings. The summed E-state index contributed by atoms with van der Waals surface area (Å²) in [4.78, 5) is -0.327. The van der Waals surface area contributed by atoms with Crippen LogP contribution in [0.5, 0.6) is 5.75 Å². The minimum Gasteiger partial charge on any atom is -0.432 e. The van der Waals surface area contributed by atoms with Gasteiger partial charge in [0.1, 0.15) is 0 Å². The van der Waals surface area contributed by atoms with Crippen LogP contribution < -0.4 is 14.8 Å². The Kier molecular flexibility index (Phi) is 6.92. The number of halogens is 4. The van der Waals surface area contributed by atoms with Crippen molar-refractivity contribution >= 4 is 22.4 Å². The quantitative estimate of drug-likeness (QED) is 0.841. The molecule has 0 saturated carbocycles. The number of piperidine rings is 1. The first-order valence-corrected chi connectivity index (χ1v) is 7.84. The van der Waals surface area contributed by atoms with E-state index >= 15 is 0 Å². The van der Waals surface area contributed by atoms with E-state index in [0.717, 1.165) is 25.1 Å². The first-order chi connectivity index (χ1) is 9.88. The van der Waals surface area contributed by atoms with Crippen LogP contribution in [0.4, 0.5) is 13.2 Å². The predicted octanol–water partition coefficient (Wildman–Crippen LogP) is 1.88. The SMILES string of the molecule is Cl.O=S(=O)(NC1CCCNC1)c1ccc(OC(F)F)c(F)c1. The molecule has 0 aromatic heterocycles. The highest BCUT2D eigenvalue weighted by atomic mass is 35.5. The minimum atomic E-state index is -3.90. The van der Waals surface area contributed by atoms with E-state index in [4.69, 9.17) is 0 Å². The number of sulfonamides is 1. The second-order valence-electron chi connectivity index (χ2n) is 4.64. The molecule has 2 N–H and O–H groups in total. The lowest BCUT2D eigenvalue weighted by Crippen LogP contribution is -2.45. The van der Waals surface area contributed by atoms with Gasteiger partial charge in [0.25, 0.3) is 0 Å². The summed E-state index contributed by atoms with van der Waals surface area (Å²) < 4.78 is 68.2. The zero-order chi connectivity index (χ0) is 15.5. The molecule has 126 valence electrons. The Morgan fingerprint density at radius 2 is 2.09 bits per heavy atom. The first kappa shape index (κ1) is 19.0. The van der Waals surface area contributed by atoms with Gasteiger partial charge in [-0.15, -0.1) is 12.4 Å². The van der Waals surface area contributed by atoms with Crippen molar-refractivity contribution in [2.24, 2.45) is 0 Å². The fourth-order valence-electron chi connectivity index (χ4n) is 2.08. The van der Waals surface area contributed by atoms with Crippen molar-refractivity contribution in [2.45, 2.75) is 30.4 Å². The molecule has 0 radical (unpaired) electrons. The lowest BCUT2D eigenvalue weighted by atomic mass is 10.1. The van der Waals surface area contributed by atoms with Gasteiger partial charge in [-0.3, -0.25) is 0 Å². The van der Waals surface area contributed by atoms with Crippen LogP contribution in [0.15, 0.2) is 23.1 Å². The fraction of sp³-hybridized carbons (Fsp3) is 0.500. The standard InChI is InChI=1S/C12H15F3N2O3S.ClH/c13-10-6-9(3-4-11(10)20-12(14)15)21(18,19)17-8-2-1-5-16-7-8;/h3-4,6,8,12,16-17H,1-2,5,7H2;1H. The zero-order valence-corrected chi connectivity index (χ0v) is 13.0. The number of rotatable bonds is 5. The number of hydrogen-bond donors (Lipinski definition) is 2. The molecule has 0 amide bonds. The smallest absolute Gasteiger partial charge is 0.387 e. The molecule has 0 aliphatic carbocycles. The third-order valence-corrected chi connectivity index (χ3v) is 4.57. The van der Waals surface area contributed by atoms with Crippen LogP contribution in [-0.2, 0) is 10.0 Å². The van der Waals surface area contributed by atoms with Gasteiger partial charge in [-0.25, -0.2) is 17.5 Å². The van der Waals surface area contributed by atoms with Crippen molar-refractivity contribution < 1.29 is 26.3 Å². The van der Waals surface area contributed by atoms with Gasteiger partial charge in [0, 0.05) is 12.6 Å². The van der Waals surface area contributed by atoms with Crippen LogP contribution in [0.3, 0.4) is 0 Å². The summed E-state index contributed by atoms with van der Waals surface area (Å²) in [6.07, 6.45) is 1.52. The summed E-state index contributed by atoms with van der Waals surface area (Å²) in [7, 11) is -3.90. The lowest BCUT2D eigenvalue weighted by molar-refractivity contribution is -0.0522. The Hall–Kier alpha value is -1.03. The van der Waals surface area contributed by atoms with Gasteiger partial charge in [-0.1, -0.05) is 0 Å². The van der Waals surface area contributed by atoms with Crippen molar-refractivity contribution in [3.05, 3.63) is 24.0 Å². The number of benzene rings is 1. The van der Waals surface area contributed by atoms with Gasteiger partial charge < -0.3 is 10.1 Å². The fourth-order valence-corrected chi connectivity index (χ4v) is 3.36. The Labute approximate surface area is 132 Å². The van der Waals surface area contributed by atoms with Crippen LogP contribution >= 0.6 is 12.4 Å². The topological polar surface area (TPSA) is 67.4 Å².